The Morgan fingerprint density at radius 2 is 1.83 bits per heavy atom. The average Bonchev–Trinajstić information content (AvgIpc) is 1.82. The molecule has 0 heterocycles. The minimum atomic E-state index is 0.0590. The number of aromatic hydroxyl groups is 1. The van der Waals surface area contributed by atoms with Crippen molar-refractivity contribution in [1.29, 1.82) is 0 Å². The molecule has 65 valence electrons. The van der Waals surface area contributed by atoms with Crippen molar-refractivity contribution in [2.75, 3.05) is 0 Å². The van der Waals surface area contributed by atoms with Gasteiger partial charge in [-0.2, -0.15) is 0 Å². The standard InChI is InChI=1S/C11H15O/c1-8-5-9(11(2,3)4)7-10(12)6-8/h6-7,12H,1-4H3. The fraction of sp³-hybridized carbons (Fsp3) is 0.455. The lowest BCUT2D eigenvalue weighted by Gasteiger charge is -2.19. The van der Waals surface area contributed by atoms with E-state index in [9.17, 15) is 5.11 Å². The van der Waals surface area contributed by atoms with Gasteiger partial charge in [0.1, 0.15) is 5.75 Å². The zero-order valence-corrected chi connectivity index (χ0v) is 8.10. The quantitative estimate of drug-likeness (QED) is 0.623. The summed E-state index contributed by atoms with van der Waals surface area (Å²) >= 11 is 0. The van der Waals surface area contributed by atoms with Crippen LogP contribution in [0.2, 0.25) is 0 Å². The minimum Gasteiger partial charge on any atom is -0.508 e. The van der Waals surface area contributed by atoms with Crippen molar-refractivity contribution in [3.63, 3.8) is 0 Å². The van der Waals surface area contributed by atoms with Crippen molar-refractivity contribution in [3.05, 3.63) is 29.3 Å². The van der Waals surface area contributed by atoms with Crippen LogP contribution in [0.3, 0.4) is 0 Å². The first kappa shape index (κ1) is 9.11. The first-order chi connectivity index (χ1) is 5.39. The zero-order valence-electron chi connectivity index (χ0n) is 8.10. The third-order valence-electron chi connectivity index (χ3n) is 1.80. The fourth-order valence-corrected chi connectivity index (χ4v) is 1.10. The molecule has 1 N–H and O–H groups in total. The molecule has 1 heteroatoms. The maximum atomic E-state index is 9.34. The van der Waals surface area contributed by atoms with Gasteiger partial charge in [0, 0.05) is 0 Å². The summed E-state index contributed by atoms with van der Waals surface area (Å²) in [5.74, 6) is 0.330. The summed E-state index contributed by atoms with van der Waals surface area (Å²) in [7, 11) is 0. The van der Waals surface area contributed by atoms with Gasteiger partial charge in [-0.05, 0) is 41.7 Å². The van der Waals surface area contributed by atoms with Crippen LogP contribution in [0.1, 0.15) is 31.9 Å². The number of phenolic OH excluding ortho intramolecular Hbond substituents is 1. The zero-order chi connectivity index (χ0) is 9.35. The van der Waals surface area contributed by atoms with Crippen LogP contribution >= 0.6 is 0 Å². The second kappa shape index (κ2) is 2.81. The summed E-state index contributed by atoms with van der Waals surface area (Å²) in [6.45, 7) is 8.27. The van der Waals surface area contributed by atoms with Crippen LogP contribution in [0.4, 0.5) is 0 Å². The van der Waals surface area contributed by atoms with Crippen molar-refractivity contribution in [2.24, 2.45) is 0 Å². The highest BCUT2D eigenvalue weighted by molar-refractivity contribution is 5.35. The van der Waals surface area contributed by atoms with Crippen LogP contribution in [0.15, 0.2) is 12.1 Å². The van der Waals surface area contributed by atoms with E-state index in [2.05, 4.69) is 26.8 Å². The minimum absolute atomic E-state index is 0.0590. The van der Waals surface area contributed by atoms with Crippen molar-refractivity contribution in [3.8, 4) is 5.75 Å². The van der Waals surface area contributed by atoms with Gasteiger partial charge in [-0.15, -0.1) is 0 Å². The molecule has 0 aliphatic carbocycles. The van der Waals surface area contributed by atoms with Crippen LogP contribution in [0.25, 0.3) is 0 Å². The Morgan fingerprint density at radius 3 is 2.25 bits per heavy atom. The Hall–Kier alpha value is -0.980. The maximum Gasteiger partial charge on any atom is 0.116 e. The summed E-state index contributed by atoms with van der Waals surface area (Å²) < 4.78 is 0. The van der Waals surface area contributed by atoms with Crippen LogP contribution in [-0.4, -0.2) is 5.11 Å². The van der Waals surface area contributed by atoms with Gasteiger partial charge in [-0.3, -0.25) is 0 Å². The van der Waals surface area contributed by atoms with Gasteiger partial charge in [0.15, 0.2) is 0 Å². The Bertz CT molecular complexity index is 261. The molecule has 1 radical (unpaired) electrons. The SMILES string of the molecule is Cc1[c]c(C(C)(C)C)cc(O)c1. The second-order valence-corrected chi connectivity index (χ2v) is 4.19. The molecule has 12 heavy (non-hydrogen) atoms. The molecule has 0 bridgehead atoms. The third-order valence-corrected chi connectivity index (χ3v) is 1.80. The molecule has 0 amide bonds. The van der Waals surface area contributed by atoms with Crippen molar-refractivity contribution >= 4 is 0 Å². The highest BCUT2D eigenvalue weighted by atomic mass is 16.3. The van der Waals surface area contributed by atoms with E-state index < -0.39 is 0 Å². The molecule has 0 aliphatic heterocycles. The first-order valence-corrected chi connectivity index (χ1v) is 4.13. The van der Waals surface area contributed by atoms with E-state index in [0.717, 1.165) is 11.1 Å². The molecule has 1 nitrogen and oxygen atoms in total. The van der Waals surface area contributed by atoms with Crippen LogP contribution in [-0.2, 0) is 5.41 Å². The summed E-state index contributed by atoms with van der Waals surface area (Å²) in [4.78, 5) is 0. The molecule has 0 spiro atoms. The van der Waals surface area contributed by atoms with Gasteiger partial charge in [0.2, 0.25) is 0 Å². The average molecular weight is 163 g/mol. The van der Waals surface area contributed by atoms with Crippen LogP contribution in [0.5, 0.6) is 5.75 Å². The lowest BCUT2D eigenvalue weighted by molar-refractivity contribution is 0.470. The van der Waals surface area contributed by atoms with Gasteiger partial charge in [-0.25, -0.2) is 0 Å². The van der Waals surface area contributed by atoms with Crippen molar-refractivity contribution < 1.29 is 5.11 Å². The summed E-state index contributed by atoms with van der Waals surface area (Å²) in [6, 6.07) is 6.72. The largest absolute Gasteiger partial charge is 0.508 e. The molecule has 0 aromatic heterocycles. The van der Waals surface area contributed by atoms with Gasteiger partial charge in [0.05, 0.1) is 0 Å². The predicted molar refractivity (Wildman–Crippen MR) is 50.4 cm³/mol. The number of hydrogen-bond donors (Lipinski definition) is 1. The first-order valence-electron chi connectivity index (χ1n) is 4.13. The lowest BCUT2D eigenvalue weighted by Crippen LogP contribution is -2.11. The molecular weight excluding hydrogens is 148 g/mol. The third kappa shape index (κ3) is 2.00. The van der Waals surface area contributed by atoms with E-state index in [1.165, 1.54) is 0 Å². The molecule has 0 saturated heterocycles. The highest BCUT2D eigenvalue weighted by Crippen LogP contribution is 2.25. The monoisotopic (exact) mass is 163 g/mol. The fourth-order valence-electron chi connectivity index (χ4n) is 1.10. The van der Waals surface area contributed by atoms with Crippen LogP contribution < -0.4 is 0 Å². The van der Waals surface area contributed by atoms with E-state index in [1.54, 1.807) is 12.1 Å². The topological polar surface area (TPSA) is 20.2 Å². The molecule has 1 aromatic rings. The molecule has 0 fully saturated rings. The normalized spacial score (nSPS) is 11.7. The predicted octanol–water partition coefficient (Wildman–Crippen LogP) is 2.80. The molecular formula is C11H15O. The highest BCUT2D eigenvalue weighted by Gasteiger charge is 2.14. The van der Waals surface area contributed by atoms with Crippen LogP contribution in [0, 0.1) is 13.0 Å². The molecule has 0 atom stereocenters. The van der Waals surface area contributed by atoms with Crippen molar-refractivity contribution in [2.45, 2.75) is 33.1 Å². The van der Waals surface area contributed by atoms with Gasteiger partial charge < -0.3 is 5.11 Å². The smallest absolute Gasteiger partial charge is 0.116 e. The van der Waals surface area contributed by atoms with Gasteiger partial charge >= 0.3 is 0 Å². The summed E-state index contributed by atoms with van der Waals surface area (Å²) in [5.41, 5.74) is 2.10. The van der Waals surface area contributed by atoms with E-state index in [1.807, 2.05) is 6.92 Å². The summed E-state index contributed by atoms with van der Waals surface area (Å²) in [5, 5.41) is 9.34. The maximum absolute atomic E-state index is 9.34. The Kier molecular flexibility index (Phi) is 2.14. The Balaban J connectivity index is 3.18. The Morgan fingerprint density at radius 1 is 1.25 bits per heavy atom. The van der Waals surface area contributed by atoms with Crippen molar-refractivity contribution in [1.82, 2.24) is 0 Å². The molecule has 0 aliphatic rings. The lowest BCUT2D eigenvalue weighted by atomic mass is 9.86. The van der Waals surface area contributed by atoms with Gasteiger partial charge in [0.25, 0.3) is 0 Å². The molecule has 1 aromatic carbocycles. The number of aryl methyl sites for hydroxylation is 1. The number of phenols is 1. The van der Waals surface area contributed by atoms with E-state index in [4.69, 9.17) is 0 Å². The molecule has 0 unspecified atom stereocenters. The number of benzene rings is 1. The summed E-state index contributed by atoms with van der Waals surface area (Å²) in [6.07, 6.45) is 0. The van der Waals surface area contributed by atoms with E-state index in [-0.39, 0.29) is 5.41 Å². The van der Waals surface area contributed by atoms with E-state index >= 15 is 0 Å². The Labute approximate surface area is 74.1 Å². The number of rotatable bonds is 0. The van der Waals surface area contributed by atoms with E-state index in [0.29, 0.717) is 5.75 Å². The van der Waals surface area contributed by atoms with Gasteiger partial charge in [-0.1, -0.05) is 20.8 Å². The number of hydrogen-bond acceptors (Lipinski definition) is 1. The second-order valence-electron chi connectivity index (χ2n) is 4.19. The molecule has 0 saturated carbocycles. The molecule has 1 rings (SSSR count).